The Morgan fingerprint density at radius 1 is 0.455 bits per heavy atom. The lowest BCUT2D eigenvalue weighted by Gasteiger charge is -2.27. The zero-order valence-electron chi connectivity index (χ0n) is 63.3. The van der Waals surface area contributed by atoms with E-state index in [1.807, 2.05) is 0 Å². The third-order valence-electron chi connectivity index (χ3n) is 16.5. The Balaban J connectivity index is 3.38. The summed E-state index contributed by atoms with van der Waals surface area (Å²) < 4.78 is 0. The fraction of sp³-hybridized carbons (Fsp3) is 0.667. The van der Waals surface area contributed by atoms with Crippen molar-refractivity contribution in [2.24, 2.45) is 40.5 Å². The highest BCUT2D eigenvalue weighted by molar-refractivity contribution is 7.98. The van der Waals surface area contributed by atoms with Gasteiger partial charge in [0.2, 0.25) is 94.5 Å². The second kappa shape index (κ2) is 53.9. The van der Waals surface area contributed by atoms with E-state index in [4.69, 9.17) is 28.7 Å². The van der Waals surface area contributed by atoms with Gasteiger partial charge in [0, 0.05) is 49.1 Å². The average molecular weight is 1650 g/mol. The Kier molecular flexibility index (Phi) is 48.1. The van der Waals surface area contributed by atoms with Gasteiger partial charge in [0.1, 0.15) is 72.5 Å². The maximum absolute atomic E-state index is 14.2. The molecule has 0 aliphatic heterocycles. The second-order valence-corrected chi connectivity index (χ2v) is 28.5. The number of carboxylic acids is 3. The summed E-state index contributed by atoms with van der Waals surface area (Å²) in [4.78, 5) is 257. The number of carboxylic acid groups (broad SMARTS) is 3. The predicted octanol–water partition coefficient (Wildman–Crippen LogP) is -8.12. The van der Waals surface area contributed by atoms with E-state index in [-0.39, 0.29) is 74.6 Å². The van der Waals surface area contributed by atoms with Crippen molar-refractivity contribution in [3.8, 4) is 0 Å². The van der Waals surface area contributed by atoms with Crippen LogP contribution in [0.3, 0.4) is 0 Å². The number of carbonyl (C=O) groups is 19. The number of aromatic nitrogens is 2. The summed E-state index contributed by atoms with van der Waals surface area (Å²) in [5.41, 5.74) is 28.3. The minimum absolute atomic E-state index is 0.0375. The lowest BCUT2D eigenvalue weighted by Crippen LogP contribution is -2.60. The van der Waals surface area contributed by atoms with E-state index in [2.05, 4.69) is 110 Å². The number of nitrogens with zero attached hydrogens (tertiary/aromatic N) is 1. The number of H-pyrrole nitrogens is 1. The monoisotopic (exact) mass is 1650 g/mol. The number of primary amides is 2. The van der Waals surface area contributed by atoms with E-state index >= 15 is 0 Å². The number of aliphatic carboxylic acids is 3. The van der Waals surface area contributed by atoms with Crippen LogP contribution in [0.2, 0.25) is 0 Å². The molecular formula is C66H111N21O22S3. The molecule has 0 spiro atoms. The molecule has 1 aromatic heterocycles. The fourth-order valence-electron chi connectivity index (χ4n) is 10.3. The normalized spacial score (nSPS) is 14.5. The molecule has 0 aromatic carbocycles. The van der Waals surface area contributed by atoms with Gasteiger partial charge in [-0.3, -0.25) is 86.3 Å². The van der Waals surface area contributed by atoms with E-state index < -0.39 is 254 Å². The van der Waals surface area contributed by atoms with E-state index in [9.17, 15) is 106 Å². The van der Waals surface area contributed by atoms with Crippen molar-refractivity contribution in [3.05, 3.63) is 18.2 Å². The zero-order chi connectivity index (χ0) is 84.9. The second-order valence-electron chi connectivity index (χ2n) is 26.7. The first-order valence-corrected chi connectivity index (χ1v) is 38.6. The number of imidazole rings is 1. The van der Waals surface area contributed by atoms with Crippen LogP contribution in [0.25, 0.3) is 0 Å². The van der Waals surface area contributed by atoms with Gasteiger partial charge in [0.15, 0.2) is 0 Å². The smallest absolute Gasteiger partial charge is 0.327 e. The first-order chi connectivity index (χ1) is 52.7. The Bertz CT molecular complexity index is 3360. The first-order valence-electron chi connectivity index (χ1n) is 36.0. The van der Waals surface area contributed by atoms with Crippen molar-refractivity contribution in [2.75, 3.05) is 49.7 Å². The lowest BCUT2D eigenvalue weighted by atomic mass is 10.0. The molecular weight excluding hydrogens is 1540 g/mol. The van der Waals surface area contributed by atoms with E-state index in [0.717, 1.165) is 0 Å². The third-order valence-corrected chi connectivity index (χ3v) is 17.9. The van der Waals surface area contributed by atoms with Crippen LogP contribution in [0.15, 0.2) is 12.5 Å². The molecule has 1 aromatic rings. The highest BCUT2D eigenvalue weighted by Gasteiger charge is 2.37. The number of nitrogens with one attached hydrogen (secondary N) is 15. The number of aromatic amines is 1. The molecule has 0 bridgehead atoms. The number of hydrogen-bond acceptors (Lipinski definition) is 26. The quantitative estimate of drug-likeness (QED) is 0.0213. The van der Waals surface area contributed by atoms with Crippen molar-refractivity contribution in [1.29, 1.82) is 0 Å². The van der Waals surface area contributed by atoms with Crippen LogP contribution >= 0.6 is 37.0 Å². The van der Waals surface area contributed by atoms with Crippen LogP contribution in [-0.4, -0.2) is 266 Å². The first kappa shape index (κ1) is 100. The van der Waals surface area contributed by atoms with Gasteiger partial charge in [0.05, 0.1) is 31.9 Å². The standard InChI is InChI=1S/C66H111N21O22S3/c1-32(2)23-42(82-59(101)40(14-17-48(71)89)81-64(106)45(29-110)85-55(97)36(69)11-7-9-20-67)62(104)80-37(12-8-10-21-68)56(98)73-27-49(90)78-39(15-18-51(92)93)58(100)76-34(5)54(96)79-41(19-22-112-6)60(102)83-43(24-35-26-72-31-75-35)57(99)74-28-50(91)77-38(13-16-47(70)88)61(103)87-53(33(3)4)65(107)84-44(25-52(94)95)63(105)86-46(30-111)66(108)109/h26,31-34,36-46,53,110-111H,7-25,27-30,67-69H2,1-6H3,(H2,70,88)(H2,71,89)(H,72,75)(H,73,98)(H,74,99)(H,76,100)(H,77,91)(H,78,90)(H,79,96)(H,80,104)(H,81,106)(H,82,101)(H,83,102)(H,84,107)(H,85,97)(H,86,105)(H,87,103)(H,92,93)(H,94,95)(H,108,109)/t34-,36-,37-,38-,39-,40-,41-,42-,43-,44-,45-,46-,53-/m0/s1. The minimum atomic E-state index is -1.85. The number of unbranched alkanes of at least 4 members (excludes halogenated alkanes) is 2. The summed E-state index contributed by atoms with van der Waals surface area (Å²) in [5.74, 6) is -21.7. The van der Waals surface area contributed by atoms with Gasteiger partial charge in [-0.2, -0.15) is 37.0 Å². The van der Waals surface area contributed by atoms with Crippen molar-refractivity contribution in [3.63, 3.8) is 0 Å². The largest absolute Gasteiger partial charge is 0.481 e. The Labute approximate surface area is 661 Å². The summed E-state index contributed by atoms with van der Waals surface area (Å²) in [7, 11) is 0. The summed E-state index contributed by atoms with van der Waals surface area (Å²) in [5, 5.41) is 61.9. The van der Waals surface area contributed by atoms with E-state index in [0.29, 0.717) is 25.8 Å². The molecule has 0 fully saturated rings. The van der Waals surface area contributed by atoms with Crippen LogP contribution < -0.4 is 103 Å². The molecule has 1 heterocycles. The van der Waals surface area contributed by atoms with Crippen LogP contribution in [0.5, 0.6) is 0 Å². The van der Waals surface area contributed by atoms with Gasteiger partial charge in [-0.1, -0.05) is 34.1 Å². The zero-order valence-corrected chi connectivity index (χ0v) is 65.9. The molecule has 1 rings (SSSR count). The Morgan fingerprint density at radius 2 is 0.875 bits per heavy atom. The third kappa shape index (κ3) is 40.3. The van der Waals surface area contributed by atoms with E-state index in [1.165, 1.54) is 45.1 Å². The number of rotatable bonds is 58. The maximum Gasteiger partial charge on any atom is 0.327 e. The average Bonchev–Trinajstić information content (AvgIpc) is 1.37. The summed E-state index contributed by atoms with van der Waals surface area (Å²) >= 11 is 9.28. The molecule has 0 saturated heterocycles. The highest BCUT2D eigenvalue weighted by atomic mass is 32.2. The summed E-state index contributed by atoms with van der Waals surface area (Å²) in [6.45, 7) is 6.30. The molecule has 28 N–H and O–H groups in total. The highest BCUT2D eigenvalue weighted by Crippen LogP contribution is 2.13. The molecule has 112 heavy (non-hydrogen) atoms. The molecule has 46 heteroatoms. The van der Waals surface area contributed by atoms with Gasteiger partial charge in [-0.15, -0.1) is 0 Å². The van der Waals surface area contributed by atoms with Crippen molar-refractivity contribution in [2.45, 2.75) is 216 Å². The molecule has 16 amide bonds. The lowest BCUT2D eigenvalue weighted by molar-refractivity contribution is -0.143. The summed E-state index contributed by atoms with van der Waals surface area (Å²) in [6.07, 6.45) is 1.72. The number of hydrogen-bond donors (Lipinski definition) is 25. The molecule has 0 saturated carbocycles. The number of carbonyl (C=O) groups excluding carboxylic acids is 16. The number of thioether (sulfide) groups is 1. The number of amides is 16. The summed E-state index contributed by atoms with van der Waals surface area (Å²) in [6, 6.07) is -19.5. The maximum atomic E-state index is 14.2. The SMILES string of the molecule is CSCC[C@H](NC(=O)[C@H](C)NC(=O)[C@H](CCC(=O)O)NC(=O)CNC(=O)[C@H](CCCCN)NC(=O)[C@H](CC(C)C)NC(=O)[C@H](CCC(N)=O)NC(=O)[C@H](CS)NC(=O)[C@@H](N)CCCCN)C(=O)N[C@@H](Cc1cnc[nH]1)C(=O)NCC(=O)N[C@@H](CCC(N)=O)C(=O)N[C@H](C(=O)N[C@@H](CC(=O)O)C(=O)N[C@@H](CS)C(=O)O)C(C)C. The van der Waals surface area contributed by atoms with Gasteiger partial charge in [-0.05, 0) is 108 Å². The Morgan fingerprint density at radius 3 is 1.35 bits per heavy atom. The van der Waals surface area contributed by atoms with Crippen LogP contribution in [0.1, 0.15) is 137 Å². The van der Waals surface area contributed by atoms with Gasteiger partial charge in [-0.25, -0.2) is 9.78 Å². The topological polar surface area (TPSA) is 712 Å². The van der Waals surface area contributed by atoms with Crippen molar-refractivity contribution in [1.82, 2.24) is 84.4 Å². The minimum Gasteiger partial charge on any atom is -0.481 e. The molecule has 0 aliphatic rings. The molecule has 13 atom stereocenters. The molecule has 630 valence electrons. The molecule has 43 nitrogen and oxygen atoms in total. The predicted molar refractivity (Wildman–Crippen MR) is 410 cm³/mol. The molecule has 0 radical (unpaired) electrons. The molecule has 0 unspecified atom stereocenters. The van der Waals surface area contributed by atoms with Gasteiger partial charge < -0.3 is 123 Å². The Hall–Kier alpha value is -9.93. The van der Waals surface area contributed by atoms with Crippen LogP contribution in [-0.2, 0) is 97.5 Å². The van der Waals surface area contributed by atoms with Crippen LogP contribution in [0.4, 0.5) is 0 Å². The fourth-order valence-corrected chi connectivity index (χ4v) is 11.3. The van der Waals surface area contributed by atoms with Crippen molar-refractivity contribution >= 4 is 149 Å². The molecule has 0 aliphatic carbocycles. The van der Waals surface area contributed by atoms with Crippen molar-refractivity contribution < 1.29 is 106 Å². The number of thiol groups is 2. The van der Waals surface area contributed by atoms with Gasteiger partial charge in [0.25, 0.3) is 0 Å². The van der Waals surface area contributed by atoms with Gasteiger partial charge >= 0.3 is 17.9 Å². The van der Waals surface area contributed by atoms with E-state index in [1.54, 1.807) is 20.1 Å². The van der Waals surface area contributed by atoms with Crippen LogP contribution in [0, 0.1) is 11.8 Å². The number of nitrogens with two attached hydrogens (primary N) is 5.